The first-order chi connectivity index (χ1) is 15.4. The van der Waals surface area contributed by atoms with Gasteiger partial charge < -0.3 is 29.7 Å². The SMILES string of the molecule is CN1CC[C@]23c4c5ccc(O)c4O[C@H]2C(OC(=O)[C@@H](O)c2ccccc2)=CC[C@@]3(O)[C@@H]1C5.Cl. The van der Waals surface area contributed by atoms with Crippen LogP contribution in [0.3, 0.4) is 0 Å². The van der Waals surface area contributed by atoms with Crippen molar-refractivity contribution in [2.24, 2.45) is 0 Å². The van der Waals surface area contributed by atoms with E-state index in [2.05, 4.69) is 4.90 Å². The van der Waals surface area contributed by atoms with E-state index in [-0.39, 0.29) is 30.0 Å². The van der Waals surface area contributed by atoms with E-state index in [0.29, 0.717) is 30.6 Å². The minimum absolute atomic E-state index is 0. The number of likely N-dealkylation sites (N-methyl/N-ethyl adjacent to an activating group) is 1. The number of aliphatic hydroxyl groups is 2. The molecule has 0 unspecified atom stereocenters. The summed E-state index contributed by atoms with van der Waals surface area (Å²) >= 11 is 0. The third-order valence-electron chi connectivity index (χ3n) is 7.91. The Labute approximate surface area is 197 Å². The Morgan fingerprint density at radius 1 is 1.24 bits per heavy atom. The summed E-state index contributed by atoms with van der Waals surface area (Å²) in [6, 6.07) is 12.0. The second-order valence-electron chi connectivity index (χ2n) is 9.34. The second kappa shape index (κ2) is 7.46. The number of phenols is 1. The van der Waals surface area contributed by atoms with Gasteiger partial charge in [0.25, 0.3) is 0 Å². The number of carbonyl (C=O) groups excluding carboxylic acids is 1. The number of aromatic hydroxyl groups is 1. The average molecular weight is 472 g/mol. The van der Waals surface area contributed by atoms with Gasteiger partial charge in [-0.3, -0.25) is 0 Å². The maximum Gasteiger partial charge on any atom is 0.344 e. The molecular weight excluding hydrogens is 446 g/mol. The summed E-state index contributed by atoms with van der Waals surface area (Å²) in [4.78, 5) is 15.0. The van der Waals surface area contributed by atoms with E-state index in [9.17, 15) is 20.1 Å². The van der Waals surface area contributed by atoms with Crippen LogP contribution < -0.4 is 4.74 Å². The average Bonchev–Trinajstić information content (AvgIpc) is 3.16. The first-order valence-corrected chi connectivity index (χ1v) is 11.0. The zero-order valence-corrected chi connectivity index (χ0v) is 18.9. The van der Waals surface area contributed by atoms with Gasteiger partial charge in [0.15, 0.2) is 23.7 Å². The summed E-state index contributed by atoms with van der Waals surface area (Å²) in [5.74, 6) is -0.140. The predicted octanol–water partition coefficient (Wildman–Crippen LogP) is 2.37. The first-order valence-electron chi connectivity index (χ1n) is 11.0. The lowest BCUT2D eigenvalue weighted by atomic mass is 9.50. The molecule has 5 atom stereocenters. The van der Waals surface area contributed by atoms with Crippen LogP contribution in [0.25, 0.3) is 0 Å². The quantitative estimate of drug-likeness (QED) is 0.591. The number of hydrogen-bond acceptors (Lipinski definition) is 7. The molecule has 7 nitrogen and oxygen atoms in total. The Bertz CT molecular complexity index is 1150. The standard InChI is InChI=1S/C25H25NO6.ClH/c1-26-12-11-24-19-15-7-8-16(27)21(19)32-22(24)17(9-10-25(24,30)18(26)13-15)31-23(29)20(28)14-5-3-2-4-6-14;/h2-9,18,20,22,27-28,30H,10-13H2,1H3;1H/t18-,20-,22-,24-,25+;/m0./s1. The highest BCUT2D eigenvalue weighted by Gasteiger charge is 2.72. The third kappa shape index (κ3) is 2.77. The highest BCUT2D eigenvalue weighted by Crippen LogP contribution is 2.65. The molecule has 2 aliphatic heterocycles. The number of hydrogen-bond donors (Lipinski definition) is 3. The number of esters is 1. The number of likely N-dealkylation sites (tertiary alicyclic amines) is 1. The minimum Gasteiger partial charge on any atom is -0.504 e. The van der Waals surface area contributed by atoms with Gasteiger partial charge in [-0.05, 0) is 49.7 Å². The maximum atomic E-state index is 12.8. The van der Waals surface area contributed by atoms with Gasteiger partial charge in [0.1, 0.15) is 5.76 Å². The van der Waals surface area contributed by atoms with Gasteiger partial charge in [0.2, 0.25) is 0 Å². The molecule has 2 aliphatic carbocycles. The molecular formula is C25H26ClNO6. The largest absolute Gasteiger partial charge is 0.504 e. The highest BCUT2D eigenvalue weighted by atomic mass is 35.5. The number of piperidine rings is 1. The van der Waals surface area contributed by atoms with E-state index in [1.807, 2.05) is 13.1 Å². The lowest BCUT2D eigenvalue weighted by molar-refractivity contribution is -0.172. The number of halogens is 1. The van der Waals surface area contributed by atoms with Crippen LogP contribution in [0.15, 0.2) is 54.3 Å². The highest BCUT2D eigenvalue weighted by molar-refractivity contribution is 5.85. The first kappa shape index (κ1) is 22.2. The molecule has 174 valence electrons. The van der Waals surface area contributed by atoms with Crippen molar-refractivity contribution >= 4 is 18.4 Å². The van der Waals surface area contributed by atoms with Crippen molar-refractivity contribution < 1.29 is 29.6 Å². The Kier molecular flexibility index (Phi) is 5.03. The van der Waals surface area contributed by atoms with E-state index in [1.54, 1.807) is 42.5 Å². The molecule has 3 N–H and O–H groups in total. The molecule has 0 radical (unpaired) electrons. The molecule has 0 aromatic heterocycles. The van der Waals surface area contributed by atoms with Gasteiger partial charge in [0, 0.05) is 18.0 Å². The fourth-order valence-corrected chi connectivity index (χ4v) is 6.38. The van der Waals surface area contributed by atoms with Gasteiger partial charge in [-0.2, -0.15) is 0 Å². The molecule has 2 aromatic rings. The molecule has 1 spiro atoms. The van der Waals surface area contributed by atoms with Crippen molar-refractivity contribution in [3.63, 3.8) is 0 Å². The molecule has 6 rings (SSSR count). The van der Waals surface area contributed by atoms with E-state index >= 15 is 0 Å². The van der Waals surface area contributed by atoms with E-state index in [1.165, 1.54) is 0 Å². The zero-order chi connectivity index (χ0) is 22.3. The topological polar surface area (TPSA) is 99.5 Å². The number of carbonyl (C=O) groups is 1. The molecule has 0 amide bonds. The summed E-state index contributed by atoms with van der Waals surface area (Å²) in [6.45, 7) is 0.745. The van der Waals surface area contributed by atoms with Crippen molar-refractivity contribution in [1.82, 2.24) is 4.90 Å². The van der Waals surface area contributed by atoms with Crippen LogP contribution in [0.5, 0.6) is 11.5 Å². The Balaban J connectivity index is 0.00000228. The van der Waals surface area contributed by atoms with Crippen LogP contribution in [-0.4, -0.2) is 57.5 Å². The van der Waals surface area contributed by atoms with Crippen LogP contribution in [0.4, 0.5) is 0 Å². The van der Waals surface area contributed by atoms with Crippen LogP contribution in [0.1, 0.15) is 35.6 Å². The fourth-order valence-electron chi connectivity index (χ4n) is 6.38. The van der Waals surface area contributed by atoms with E-state index in [0.717, 1.165) is 17.7 Å². The number of ether oxygens (including phenoxy) is 2. The summed E-state index contributed by atoms with van der Waals surface area (Å²) in [5.41, 5.74) is 0.368. The molecule has 2 heterocycles. The lowest BCUT2D eigenvalue weighted by Gasteiger charge is -2.61. The van der Waals surface area contributed by atoms with Gasteiger partial charge >= 0.3 is 5.97 Å². The van der Waals surface area contributed by atoms with Crippen LogP contribution in [0.2, 0.25) is 0 Å². The summed E-state index contributed by atoms with van der Waals surface area (Å²) in [5, 5.41) is 33.1. The number of aliphatic hydroxyl groups excluding tert-OH is 1. The maximum absolute atomic E-state index is 12.8. The number of nitrogens with zero attached hydrogens (tertiary/aromatic N) is 1. The van der Waals surface area contributed by atoms with Crippen molar-refractivity contribution in [2.75, 3.05) is 13.6 Å². The van der Waals surface area contributed by atoms with Gasteiger partial charge in [-0.1, -0.05) is 36.4 Å². The fraction of sp³-hybridized carbons (Fsp3) is 0.400. The van der Waals surface area contributed by atoms with Crippen LogP contribution in [0, 0.1) is 0 Å². The third-order valence-corrected chi connectivity index (χ3v) is 7.91. The molecule has 0 saturated carbocycles. The predicted molar refractivity (Wildman–Crippen MR) is 121 cm³/mol. The number of rotatable bonds is 3. The Hall–Kier alpha value is -2.58. The zero-order valence-electron chi connectivity index (χ0n) is 18.1. The van der Waals surface area contributed by atoms with Crippen molar-refractivity contribution in [1.29, 1.82) is 0 Å². The van der Waals surface area contributed by atoms with E-state index in [4.69, 9.17) is 9.47 Å². The molecule has 1 saturated heterocycles. The smallest absolute Gasteiger partial charge is 0.344 e. The molecule has 1 fully saturated rings. The van der Waals surface area contributed by atoms with Gasteiger partial charge in [-0.15, -0.1) is 12.4 Å². The van der Waals surface area contributed by atoms with E-state index < -0.39 is 29.2 Å². The van der Waals surface area contributed by atoms with Crippen molar-refractivity contribution in [2.45, 2.75) is 48.5 Å². The molecule has 2 bridgehead atoms. The summed E-state index contributed by atoms with van der Waals surface area (Å²) < 4.78 is 12.0. The Morgan fingerprint density at radius 2 is 2.00 bits per heavy atom. The summed E-state index contributed by atoms with van der Waals surface area (Å²) in [6.07, 6.45) is 1.06. The lowest BCUT2D eigenvalue weighted by Crippen LogP contribution is -2.74. The Morgan fingerprint density at radius 3 is 2.76 bits per heavy atom. The van der Waals surface area contributed by atoms with Crippen molar-refractivity contribution in [3.05, 3.63) is 71.0 Å². The van der Waals surface area contributed by atoms with Gasteiger partial charge in [0.05, 0.1) is 11.0 Å². The van der Waals surface area contributed by atoms with Crippen LogP contribution in [-0.2, 0) is 21.4 Å². The second-order valence-corrected chi connectivity index (χ2v) is 9.34. The molecule has 2 aromatic carbocycles. The molecule has 4 aliphatic rings. The molecule has 8 heteroatoms. The number of phenolic OH excluding ortho intramolecular Hbond substituents is 1. The summed E-state index contributed by atoms with van der Waals surface area (Å²) in [7, 11) is 2.02. The number of benzene rings is 2. The van der Waals surface area contributed by atoms with Crippen LogP contribution >= 0.6 is 12.4 Å². The monoisotopic (exact) mass is 471 g/mol. The van der Waals surface area contributed by atoms with Gasteiger partial charge in [-0.25, -0.2) is 4.79 Å². The normalized spacial score (nSPS) is 32.0. The minimum atomic E-state index is -1.43. The molecule has 33 heavy (non-hydrogen) atoms. The van der Waals surface area contributed by atoms with Crippen molar-refractivity contribution in [3.8, 4) is 11.5 Å².